The first-order valence-corrected chi connectivity index (χ1v) is 15.5. The minimum atomic E-state index is -0.830. The van der Waals surface area contributed by atoms with Gasteiger partial charge < -0.3 is 25.6 Å². The summed E-state index contributed by atoms with van der Waals surface area (Å²) in [6.07, 6.45) is 5.92. The van der Waals surface area contributed by atoms with Crippen molar-refractivity contribution in [3.05, 3.63) is 16.0 Å². The van der Waals surface area contributed by atoms with E-state index < -0.39 is 6.17 Å². The maximum absolute atomic E-state index is 14.4. The predicted molar refractivity (Wildman–Crippen MR) is 151 cm³/mol. The molecule has 0 bridgehead atoms. The monoisotopic (exact) mass is 579 g/mol. The number of halogens is 1. The van der Waals surface area contributed by atoms with E-state index in [1.165, 1.54) is 4.88 Å². The molecule has 7 heterocycles. The fourth-order valence-electron chi connectivity index (χ4n) is 8.43. The second-order valence-corrected chi connectivity index (χ2v) is 14.1. The largest absolute Gasteiger partial charge is 0.461 e. The zero-order valence-electron chi connectivity index (χ0n) is 23.0. The van der Waals surface area contributed by atoms with Crippen LogP contribution in [0.3, 0.4) is 0 Å². The molecule has 1 amide bonds. The van der Waals surface area contributed by atoms with Crippen LogP contribution in [0.1, 0.15) is 60.9 Å². The number of aryl methyl sites for hydroxylation is 1. The summed E-state index contributed by atoms with van der Waals surface area (Å²) in [5, 5.41) is 13.5. The molecule has 5 fully saturated rings. The molecular weight excluding hydrogens is 545 g/mol. The number of nitrogens with one attached hydrogen (secondary N) is 1. The number of anilines is 3. The number of hydrogen-bond acceptors (Lipinski definition) is 11. The molecular formula is C28H34FN9O2S. The number of nitriles is 1. The lowest BCUT2D eigenvalue weighted by Crippen LogP contribution is -2.68. The summed E-state index contributed by atoms with van der Waals surface area (Å²) < 4.78 is 20.7. The number of alkyl halides is 1. The van der Waals surface area contributed by atoms with Crippen molar-refractivity contribution in [2.45, 2.75) is 74.0 Å². The molecule has 2 aromatic heterocycles. The molecule has 0 saturated carbocycles. The average molecular weight is 580 g/mol. The van der Waals surface area contributed by atoms with Crippen molar-refractivity contribution >= 4 is 34.1 Å². The number of amides is 1. The summed E-state index contributed by atoms with van der Waals surface area (Å²) in [5.41, 5.74) is 7.29. The van der Waals surface area contributed by atoms with Crippen LogP contribution in [0.2, 0.25) is 0 Å². The van der Waals surface area contributed by atoms with E-state index in [9.17, 15) is 14.4 Å². The molecule has 8 rings (SSSR count). The first-order valence-electron chi connectivity index (χ1n) is 14.7. The van der Waals surface area contributed by atoms with Crippen LogP contribution in [0.25, 0.3) is 0 Å². The van der Waals surface area contributed by atoms with Gasteiger partial charge >= 0.3 is 6.01 Å². The van der Waals surface area contributed by atoms with Crippen LogP contribution in [-0.2, 0) is 16.6 Å². The molecule has 0 radical (unpaired) electrons. The van der Waals surface area contributed by atoms with Gasteiger partial charge in [0.1, 0.15) is 23.8 Å². The predicted octanol–water partition coefficient (Wildman–Crippen LogP) is 1.91. The molecule has 6 aliphatic rings. The lowest BCUT2D eigenvalue weighted by molar-refractivity contribution is -0.133. The molecule has 0 aromatic carbocycles. The fraction of sp³-hybridized carbons (Fsp3) is 0.679. The normalized spacial score (nSPS) is 31.5. The topological polar surface area (TPSA) is 137 Å². The van der Waals surface area contributed by atoms with Gasteiger partial charge in [0.2, 0.25) is 17.8 Å². The van der Waals surface area contributed by atoms with E-state index in [2.05, 4.69) is 26.1 Å². The lowest BCUT2D eigenvalue weighted by atomic mass is 9.74. The highest BCUT2D eigenvalue weighted by Crippen LogP contribution is 2.52. The third-order valence-electron chi connectivity index (χ3n) is 10.3. The van der Waals surface area contributed by atoms with Gasteiger partial charge in [-0.05, 0) is 50.6 Å². The summed E-state index contributed by atoms with van der Waals surface area (Å²) in [6.45, 7) is 4.56. The number of carbonyl (C=O) groups is 1. The highest BCUT2D eigenvalue weighted by Gasteiger charge is 2.53. The molecule has 3 atom stereocenters. The van der Waals surface area contributed by atoms with Crippen LogP contribution in [0, 0.1) is 11.3 Å². The van der Waals surface area contributed by atoms with Crippen LogP contribution in [0.15, 0.2) is 0 Å². The first-order chi connectivity index (χ1) is 19.8. The molecule has 11 nitrogen and oxygen atoms in total. The van der Waals surface area contributed by atoms with Gasteiger partial charge in [-0.15, -0.1) is 11.3 Å². The number of fused-ring (bicyclic) bond motifs is 3. The zero-order chi connectivity index (χ0) is 28.0. The number of rotatable bonds is 5. The first kappa shape index (κ1) is 25.5. The Morgan fingerprint density at radius 3 is 2.68 bits per heavy atom. The maximum Gasteiger partial charge on any atom is 0.323 e. The van der Waals surface area contributed by atoms with Crippen LogP contribution >= 0.6 is 11.3 Å². The minimum Gasteiger partial charge on any atom is -0.461 e. The standard InChI is InChI=1S/C28H34FN9O2S/c29-17-9-28(5-2-8-38(28)12-17)16-40-25-33-23(36-7-1-4-27(15-36)10-20(39)35-27)32-24(34-25)37-13-26(14-37)6-3-19-21(26)18(11-30)22(31)41-19/h17H,1-10,12-16,31H2,(H,35,39)/t17-,27?,28+/m1/s1. The number of nitrogen functional groups attached to an aromatic ring is 1. The third kappa shape index (κ3) is 3.90. The average Bonchev–Trinajstić information content (AvgIpc) is 3.64. The van der Waals surface area contributed by atoms with E-state index in [-0.39, 0.29) is 28.4 Å². The number of aromatic nitrogens is 3. The molecule has 41 heavy (non-hydrogen) atoms. The molecule has 1 unspecified atom stereocenters. The second kappa shape index (κ2) is 8.88. The minimum absolute atomic E-state index is 0.0860. The molecule has 13 heteroatoms. The molecule has 216 valence electrons. The SMILES string of the molecule is N#Cc1c(N)sc2c1C1(CC2)CN(c2nc(OC[C@@]34CCCN3C[C@H](F)C4)nc(N3CCCC4(CC(=O)N4)C3)n2)C1. The zero-order valence-corrected chi connectivity index (χ0v) is 23.8. The Balaban J connectivity index is 1.08. The molecule has 5 saturated heterocycles. The smallest absolute Gasteiger partial charge is 0.323 e. The molecule has 2 spiro atoms. The van der Waals surface area contributed by atoms with E-state index in [1.807, 2.05) is 0 Å². The number of nitrogens with two attached hydrogens (primary N) is 1. The van der Waals surface area contributed by atoms with E-state index in [4.69, 9.17) is 25.4 Å². The van der Waals surface area contributed by atoms with Crippen LogP contribution in [-0.4, -0.2) is 88.9 Å². The summed E-state index contributed by atoms with van der Waals surface area (Å²) in [6, 6.07) is 2.60. The van der Waals surface area contributed by atoms with Crippen LogP contribution < -0.4 is 25.6 Å². The summed E-state index contributed by atoms with van der Waals surface area (Å²) in [5.74, 6) is 1.19. The Labute approximate surface area is 241 Å². The number of piperidine rings is 1. The number of thiophene rings is 1. The molecule has 5 aliphatic heterocycles. The van der Waals surface area contributed by atoms with Gasteiger partial charge in [-0.25, -0.2) is 4.39 Å². The Kier molecular flexibility index (Phi) is 5.52. The van der Waals surface area contributed by atoms with Crippen LogP contribution in [0.4, 0.5) is 21.3 Å². The van der Waals surface area contributed by atoms with Crippen molar-refractivity contribution in [2.24, 2.45) is 0 Å². The van der Waals surface area contributed by atoms with E-state index in [1.54, 1.807) is 11.3 Å². The number of hydrogen-bond donors (Lipinski definition) is 2. The van der Waals surface area contributed by atoms with Crippen molar-refractivity contribution in [1.29, 1.82) is 5.26 Å². The van der Waals surface area contributed by atoms with Crippen molar-refractivity contribution in [3.63, 3.8) is 0 Å². The Bertz CT molecular complexity index is 1460. The van der Waals surface area contributed by atoms with Crippen molar-refractivity contribution in [1.82, 2.24) is 25.2 Å². The summed E-state index contributed by atoms with van der Waals surface area (Å²) >= 11 is 1.54. The van der Waals surface area contributed by atoms with Gasteiger partial charge in [0, 0.05) is 49.4 Å². The number of β-lactam (4-membered cyclic amide) rings is 1. The van der Waals surface area contributed by atoms with Gasteiger partial charge in [-0.1, -0.05) is 0 Å². The molecule has 2 aromatic rings. The van der Waals surface area contributed by atoms with Gasteiger partial charge in [0.15, 0.2) is 0 Å². The van der Waals surface area contributed by atoms with E-state index >= 15 is 0 Å². The quantitative estimate of drug-likeness (QED) is 0.506. The van der Waals surface area contributed by atoms with Gasteiger partial charge in [-0.3, -0.25) is 9.69 Å². The van der Waals surface area contributed by atoms with Crippen molar-refractivity contribution in [2.75, 3.05) is 61.4 Å². The highest BCUT2D eigenvalue weighted by molar-refractivity contribution is 7.16. The van der Waals surface area contributed by atoms with Crippen molar-refractivity contribution < 1.29 is 13.9 Å². The Morgan fingerprint density at radius 2 is 1.90 bits per heavy atom. The van der Waals surface area contributed by atoms with Gasteiger partial charge in [-0.2, -0.15) is 20.2 Å². The second-order valence-electron chi connectivity index (χ2n) is 13.0. The summed E-state index contributed by atoms with van der Waals surface area (Å²) in [4.78, 5) is 34.0. The van der Waals surface area contributed by atoms with Gasteiger partial charge in [0.25, 0.3) is 0 Å². The fourth-order valence-corrected chi connectivity index (χ4v) is 9.57. The maximum atomic E-state index is 14.4. The van der Waals surface area contributed by atoms with E-state index in [0.29, 0.717) is 68.1 Å². The molecule has 1 aliphatic carbocycles. The Hall–Kier alpha value is -3.24. The lowest BCUT2D eigenvalue weighted by Gasteiger charge is -2.49. The third-order valence-corrected chi connectivity index (χ3v) is 11.4. The summed E-state index contributed by atoms with van der Waals surface area (Å²) in [7, 11) is 0. The number of ether oxygens (including phenoxy) is 1. The highest BCUT2D eigenvalue weighted by atomic mass is 32.1. The number of carbonyl (C=O) groups excluding carboxylic acids is 1. The van der Waals surface area contributed by atoms with E-state index in [0.717, 1.165) is 57.2 Å². The van der Waals surface area contributed by atoms with Crippen molar-refractivity contribution in [3.8, 4) is 12.1 Å². The number of nitrogens with zero attached hydrogens (tertiary/aromatic N) is 7. The Morgan fingerprint density at radius 1 is 1.12 bits per heavy atom. The van der Waals surface area contributed by atoms with Gasteiger partial charge in [0.05, 0.1) is 23.1 Å². The van der Waals surface area contributed by atoms with Crippen LogP contribution in [0.5, 0.6) is 6.01 Å². The molecule has 3 N–H and O–H groups in total.